The Labute approximate surface area is 89.6 Å². The molecule has 0 saturated carbocycles. The number of benzene rings is 1. The SMILES string of the molecule is COc1oc2ccccc2c2noc(=O)c1-2. The molecular weight excluding hydrogens is 210 g/mol. The van der Waals surface area contributed by atoms with Gasteiger partial charge >= 0.3 is 11.6 Å². The lowest BCUT2D eigenvalue weighted by atomic mass is 10.1. The van der Waals surface area contributed by atoms with E-state index in [4.69, 9.17) is 9.15 Å². The molecule has 0 fully saturated rings. The van der Waals surface area contributed by atoms with Gasteiger partial charge in [0.2, 0.25) is 0 Å². The summed E-state index contributed by atoms with van der Waals surface area (Å²) in [5.74, 6) is 0.125. The Morgan fingerprint density at radius 3 is 2.94 bits per heavy atom. The van der Waals surface area contributed by atoms with Crippen LogP contribution < -0.4 is 10.4 Å². The van der Waals surface area contributed by atoms with Gasteiger partial charge in [-0.15, -0.1) is 0 Å². The van der Waals surface area contributed by atoms with Gasteiger partial charge in [0, 0.05) is 5.39 Å². The maximum absolute atomic E-state index is 11.4. The van der Waals surface area contributed by atoms with Crippen LogP contribution in [-0.2, 0) is 0 Å². The Hall–Kier alpha value is -2.30. The van der Waals surface area contributed by atoms with Crippen molar-refractivity contribution in [3.05, 3.63) is 34.7 Å². The second kappa shape index (κ2) is 3.10. The van der Waals surface area contributed by atoms with Crippen LogP contribution in [0, 0.1) is 0 Å². The van der Waals surface area contributed by atoms with E-state index in [1.54, 1.807) is 6.07 Å². The lowest BCUT2D eigenvalue weighted by molar-refractivity contribution is 0.311. The van der Waals surface area contributed by atoms with Crippen molar-refractivity contribution in [1.29, 1.82) is 0 Å². The molecule has 0 amide bonds. The van der Waals surface area contributed by atoms with Crippen LogP contribution in [0.5, 0.6) is 5.95 Å². The number of aromatic nitrogens is 1. The third-order valence-corrected chi connectivity index (χ3v) is 2.40. The van der Waals surface area contributed by atoms with E-state index in [1.807, 2.05) is 18.2 Å². The lowest BCUT2D eigenvalue weighted by Crippen LogP contribution is -1.99. The van der Waals surface area contributed by atoms with Gasteiger partial charge in [0.1, 0.15) is 11.3 Å². The Bertz CT molecular complexity index is 682. The van der Waals surface area contributed by atoms with Crippen LogP contribution in [0.2, 0.25) is 0 Å². The first kappa shape index (κ1) is 8.96. The third-order valence-electron chi connectivity index (χ3n) is 2.40. The molecule has 5 nitrogen and oxygen atoms in total. The highest BCUT2D eigenvalue weighted by molar-refractivity contribution is 5.93. The Morgan fingerprint density at radius 2 is 2.12 bits per heavy atom. The first-order valence-corrected chi connectivity index (χ1v) is 4.66. The van der Waals surface area contributed by atoms with Gasteiger partial charge < -0.3 is 13.7 Å². The molecule has 1 aromatic rings. The fraction of sp³-hybridized carbons (Fsp3) is 0.0909. The number of fused-ring (bicyclic) bond motifs is 3. The molecule has 0 bridgehead atoms. The first-order valence-electron chi connectivity index (χ1n) is 4.66. The second-order valence-corrected chi connectivity index (χ2v) is 3.28. The molecule has 0 spiro atoms. The molecule has 0 N–H and O–H groups in total. The van der Waals surface area contributed by atoms with Gasteiger partial charge in [-0.05, 0) is 12.1 Å². The number of rotatable bonds is 1. The third kappa shape index (κ3) is 1.05. The minimum Gasteiger partial charge on any atom is -0.468 e. The van der Waals surface area contributed by atoms with Gasteiger partial charge in [0.25, 0.3) is 0 Å². The van der Waals surface area contributed by atoms with E-state index in [1.165, 1.54) is 7.11 Å². The molecule has 16 heavy (non-hydrogen) atoms. The summed E-state index contributed by atoms with van der Waals surface area (Å²) in [6.07, 6.45) is 0. The maximum atomic E-state index is 11.4. The summed E-state index contributed by atoms with van der Waals surface area (Å²) in [5, 5.41) is 4.45. The molecule has 80 valence electrons. The molecule has 3 rings (SSSR count). The highest BCUT2D eigenvalue weighted by Gasteiger charge is 2.24. The van der Waals surface area contributed by atoms with Crippen LogP contribution in [0.15, 0.2) is 38.0 Å². The van der Waals surface area contributed by atoms with E-state index >= 15 is 0 Å². The normalized spacial score (nSPS) is 11.1. The van der Waals surface area contributed by atoms with Gasteiger partial charge in [-0.3, -0.25) is 0 Å². The van der Waals surface area contributed by atoms with Gasteiger partial charge in [0.05, 0.1) is 7.11 Å². The van der Waals surface area contributed by atoms with Crippen LogP contribution in [-0.4, -0.2) is 12.3 Å². The van der Waals surface area contributed by atoms with Crippen molar-refractivity contribution in [2.45, 2.75) is 0 Å². The summed E-state index contributed by atoms with van der Waals surface area (Å²) < 4.78 is 15.1. The zero-order valence-electron chi connectivity index (χ0n) is 8.39. The average Bonchev–Trinajstić information content (AvgIpc) is 2.71. The fourth-order valence-electron chi connectivity index (χ4n) is 1.68. The Balaban J connectivity index is 2.56. The zero-order chi connectivity index (χ0) is 11.1. The molecule has 0 saturated heterocycles. The minimum absolute atomic E-state index is 0.125. The maximum Gasteiger partial charge on any atom is 0.375 e. The predicted molar refractivity (Wildman–Crippen MR) is 55.7 cm³/mol. The predicted octanol–water partition coefficient (Wildman–Crippen LogP) is 1.89. The van der Waals surface area contributed by atoms with Gasteiger partial charge in [-0.2, -0.15) is 0 Å². The summed E-state index contributed by atoms with van der Waals surface area (Å²) in [4.78, 5) is 11.4. The summed E-state index contributed by atoms with van der Waals surface area (Å²) in [7, 11) is 1.43. The van der Waals surface area contributed by atoms with Crippen molar-refractivity contribution in [3.8, 4) is 17.2 Å². The second-order valence-electron chi connectivity index (χ2n) is 3.28. The number of methoxy groups -OCH3 is 1. The summed E-state index contributed by atoms with van der Waals surface area (Å²) in [6, 6.07) is 7.25. The van der Waals surface area contributed by atoms with E-state index in [0.29, 0.717) is 11.3 Å². The van der Waals surface area contributed by atoms with Gasteiger partial charge in [-0.1, -0.05) is 17.3 Å². The monoisotopic (exact) mass is 217 g/mol. The van der Waals surface area contributed by atoms with Crippen molar-refractivity contribution < 1.29 is 13.7 Å². The van der Waals surface area contributed by atoms with Crippen LogP contribution in [0.25, 0.3) is 22.2 Å². The number of nitrogens with zero attached hydrogens (tertiary/aromatic N) is 1. The topological polar surface area (TPSA) is 65.5 Å². The first-order chi connectivity index (χ1) is 7.81. The smallest absolute Gasteiger partial charge is 0.375 e. The Kier molecular flexibility index (Phi) is 1.73. The van der Waals surface area contributed by atoms with E-state index in [9.17, 15) is 4.79 Å². The fourth-order valence-corrected chi connectivity index (χ4v) is 1.68. The van der Waals surface area contributed by atoms with Crippen LogP contribution >= 0.6 is 0 Å². The number of hydrogen-bond donors (Lipinski definition) is 0. The highest BCUT2D eigenvalue weighted by Crippen LogP contribution is 2.34. The molecule has 1 aromatic carbocycles. The van der Waals surface area contributed by atoms with E-state index in [0.717, 1.165) is 5.39 Å². The van der Waals surface area contributed by atoms with Crippen molar-refractivity contribution in [1.82, 2.24) is 5.16 Å². The molecule has 0 atom stereocenters. The molecule has 0 aromatic heterocycles. The molecule has 2 heterocycles. The largest absolute Gasteiger partial charge is 0.468 e. The lowest BCUT2D eigenvalue weighted by Gasteiger charge is -2.05. The minimum atomic E-state index is -0.554. The standard InChI is InChI=1S/C11H7NO4/c1-14-11-8-9(12-16-10(8)13)6-4-2-3-5-7(6)15-11/h2-5H,1H3. The quantitative estimate of drug-likeness (QED) is 0.622. The van der Waals surface area contributed by atoms with E-state index < -0.39 is 5.63 Å². The number of ether oxygens (including phenoxy) is 1. The van der Waals surface area contributed by atoms with Crippen molar-refractivity contribution in [2.75, 3.05) is 7.11 Å². The summed E-state index contributed by atoms with van der Waals surface area (Å²) in [6.45, 7) is 0. The van der Waals surface area contributed by atoms with Crippen LogP contribution in [0.1, 0.15) is 0 Å². The molecule has 2 aliphatic rings. The number of hydrogen-bond acceptors (Lipinski definition) is 5. The molecule has 0 unspecified atom stereocenters. The molecule has 5 heteroatoms. The summed E-state index contributed by atoms with van der Waals surface area (Å²) in [5.41, 5.74) is 0.742. The van der Waals surface area contributed by atoms with Crippen LogP contribution in [0.4, 0.5) is 0 Å². The Morgan fingerprint density at radius 1 is 1.31 bits per heavy atom. The van der Waals surface area contributed by atoms with Crippen molar-refractivity contribution >= 4 is 11.0 Å². The van der Waals surface area contributed by atoms with Crippen molar-refractivity contribution in [2.24, 2.45) is 0 Å². The number of para-hydroxylation sites is 1. The van der Waals surface area contributed by atoms with Crippen LogP contribution in [0.3, 0.4) is 0 Å². The summed E-state index contributed by atoms with van der Waals surface area (Å²) >= 11 is 0. The zero-order valence-corrected chi connectivity index (χ0v) is 8.39. The molecule has 0 aliphatic carbocycles. The van der Waals surface area contributed by atoms with E-state index in [-0.39, 0.29) is 11.5 Å². The molecule has 0 radical (unpaired) electrons. The van der Waals surface area contributed by atoms with Gasteiger partial charge in [0.15, 0.2) is 5.56 Å². The van der Waals surface area contributed by atoms with Gasteiger partial charge in [-0.25, -0.2) is 4.79 Å². The van der Waals surface area contributed by atoms with Crippen molar-refractivity contribution in [3.63, 3.8) is 0 Å². The molecular formula is C11H7NO4. The highest BCUT2D eigenvalue weighted by atomic mass is 16.6. The average molecular weight is 217 g/mol. The molecule has 2 aliphatic heterocycles. The van der Waals surface area contributed by atoms with E-state index in [2.05, 4.69) is 9.68 Å².